The third-order valence-electron chi connectivity index (χ3n) is 4.86. The van der Waals surface area contributed by atoms with E-state index >= 15 is 0 Å². The van der Waals surface area contributed by atoms with Gasteiger partial charge in [0.25, 0.3) is 0 Å². The van der Waals surface area contributed by atoms with E-state index in [-0.39, 0.29) is 6.54 Å². The Labute approximate surface area is 175 Å². The Morgan fingerprint density at radius 2 is 1.90 bits per heavy atom. The number of fused-ring (bicyclic) bond motifs is 1. The van der Waals surface area contributed by atoms with Crippen LogP contribution in [0.1, 0.15) is 5.56 Å². The molecule has 0 saturated carbocycles. The molecule has 1 N–H and O–H groups in total. The van der Waals surface area contributed by atoms with Gasteiger partial charge in [0.15, 0.2) is 0 Å². The molecule has 10 heteroatoms. The van der Waals surface area contributed by atoms with Crippen LogP contribution in [0.2, 0.25) is 0 Å². The van der Waals surface area contributed by atoms with Crippen LogP contribution in [0.3, 0.4) is 0 Å². The summed E-state index contributed by atoms with van der Waals surface area (Å²) in [5.41, 5.74) is 3.25. The number of hydrogen-bond donors (Lipinski definition) is 1. The molecule has 3 aromatic heterocycles. The van der Waals surface area contributed by atoms with Gasteiger partial charge in [0.05, 0.1) is 24.0 Å². The molecule has 0 atom stereocenters. The SMILES string of the molecule is Cn1nccc1Nc1nccc(-c2ccc3c(c2)nnn3Cc2ccc(F)cc2F)n1. The fourth-order valence-electron chi connectivity index (χ4n) is 3.25. The highest BCUT2D eigenvalue weighted by Gasteiger charge is 2.11. The highest BCUT2D eigenvalue weighted by Crippen LogP contribution is 2.24. The van der Waals surface area contributed by atoms with Crippen LogP contribution >= 0.6 is 0 Å². The number of aryl methyl sites for hydroxylation is 1. The molecule has 8 nitrogen and oxygen atoms in total. The summed E-state index contributed by atoms with van der Waals surface area (Å²) < 4.78 is 30.4. The van der Waals surface area contributed by atoms with Crippen molar-refractivity contribution in [2.24, 2.45) is 7.05 Å². The third-order valence-corrected chi connectivity index (χ3v) is 4.86. The first kappa shape index (κ1) is 18.8. The van der Waals surface area contributed by atoms with Crippen LogP contribution in [0.25, 0.3) is 22.3 Å². The average molecular weight is 418 g/mol. The monoisotopic (exact) mass is 418 g/mol. The maximum absolute atomic E-state index is 14.0. The molecule has 5 rings (SSSR count). The fourth-order valence-corrected chi connectivity index (χ4v) is 3.25. The summed E-state index contributed by atoms with van der Waals surface area (Å²) in [7, 11) is 1.82. The van der Waals surface area contributed by atoms with E-state index in [1.165, 1.54) is 12.1 Å². The van der Waals surface area contributed by atoms with Crippen LogP contribution in [-0.2, 0) is 13.6 Å². The van der Waals surface area contributed by atoms with Gasteiger partial charge in [0.1, 0.15) is 23.0 Å². The van der Waals surface area contributed by atoms with Crippen molar-refractivity contribution in [1.82, 2.24) is 34.7 Å². The van der Waals surface area contributed by atoms with Crippen molar-refractivity contribution >= 4 is 22.8 Å². The van der Waals surface area contributed by atoms with Gasteiger partial charge in [-0.15, -0.1) is 5.10 Å². The van der Waals surface area contributed by atoms with Crippen LogP contribution in [-0.4, -0.2) is 34.7 Å². The number of anilines is 2. The zero-order valence-electron chi connectivity index (χ0n) is 16.4. The van der Waals surface area contributed by atoms with Crippen molar-refractivity contribution in [1.29, 1.82) is 0 Å². The largest absolute Gasteiger partial charge is 0.309 e. The molecule has 0 spiro atoms. The molecule has 0 aliphatic carbocycles. The highest BCUT2D eigenvalue weighted by atomic mass is 19.1. The summed E-state index contributed by atoms with van der Waals surface area (Å²) in [5.74, 6) is -0.0219. The second-order valence-electron chi connectivity index (χ2n) is 6.92. The normalized spacial score (nSPS) is 11.2. The van der Waals surface area contributed by atoms with Gasteiger partial charge >= 0.3 is 0 Å². The lowest BCUT2D eigenvalue weighted by Gasteiger charge is -2.07. The van der Waals surface area contributed by atoms with Crippen molar-refractivity contribution < 1.29 is 8.78 Å². The van der Waals surface area contributed by atoms with Crippen molar-refractivity contribution in [3.05, 3.63) is 78.1 Å². The van der Waals surface area contributed by atoms with Gasteiger partial charge in [-0.25, -0.2) is 23.4 Å². The molecule has 2 aromatic carbocycles. The molecule has 0 bridgehead atoms. The fraction of sp³-hybridized carbons (Fsp3) is 0.0952. The second-order valence-corrected chi connectivity index (χ2v) is 6.92. The van der Waals surface area contributed by atoms with Crippen LogP contribution in [0.4, 0.5) is 20.5 Å². The maximum Gasteiger partial charge on any atom is 0.228 e. The molecular formula is C21H16F2N8. The number of halogens is 2. The molecule has 0 saturated heterocycles. The Balaban J connectivity index is 1.43. The highest BCUT2D eigenvalue weighted by molar-refractivity contribution is 5.80. The van der Waals surface area contributed by atoms with Crippen molar-refractivity contribution in [3.63, 3.8) is 0 Å². The van der Waals surface area contributed by atoms with Crippen LogP contribution in [0.5, 0.6) is 0 Å². The van der Waals surface area contributed by atoms with E-state index in [4.69, 9.17) is 0 Å². The molecule has 0 radical (unpaired) electrons. The lowest BCUT2D eigenvalue weighted by molar-refractivity contribution is 0.558. The Morgan fingerprint density at radius 3 is 2.71 bits per heavy atom. The first-order valence-electron chi connectivity index (χ1n) is 9.42. The van der Waals surface area contributed by atoms with E-state index in [1.54, 1.807) is 27.8 Å². The smallest absolute Gasteiger partial charge is 0.228 e. The molecule has 31 heavy (non-hydrogen) atoms. The number of rotatable bonds is 5. The molecule has 0 aliphatic rings. The molecule has 0 fully saturated rings. The van der Waals surface area contributed by atoms with Gasteiger partial charge in [0, 0.05) is 36.5 Å². The summed E-state index contributed by atoms with van der Waals surface area (Å²) in [6.07, 6.45) is 3.35. The van der Waals surface area contributed by atoms with Crippen LogP contribution in [0.15, 0.2) is 60.9 Å². The quantitative estimate of drug-likeness (QED) is 0.469. The minimum absolute atomic E-state index is 0.147. The predicted octanol–water partition coefficient (Wildman–Crippen LogP) is 3.69. The van der Waals surface area contributed by atoms with E-state index in [0.29, 0.717) is 22.7 Å². The summed E-state index contributed by atoms with van der Waals surface area (Å²) in [6, 6.07) is 12.7. The summed E-state index contributed by atoms with van der Waals surface area (Å²) in [5, 5.41) is 15.5. The standard InChI is InChI=1S/C21H16F2N8/c1-30-20(7-9-25-30)27-21-24-8-6-17(26-21)13-3-5-19-18(10-13)28-29-31(19)12-14-2-4-15(22)11-16(14)23/h2-11H,12H2,1H3,(H,24,26,27). The van der Waals surface area contributed by atoms with E-state index in [0.717, 1.165) is 23.0 Å². The summed E-state index contributed by atoms with van der Waals surface area (Å²) in [4.78, 5) is 8.81. The van der Waals surface area contributed by atoms with Crippen LogP contribution in [0, 0.1) is 11.6 Å². The van der Waals surface area contributed by atoms with Crippen molar-refractivity contribution in [2.45, 2.75) is 6.54 Å². The molecular weight excluding hydrogens is 402 g/mol. The summed E-state index contributed by atoms with van der Waals surface area (Å²) in [6.45, 7) is 0.147. The van der Waals surface area contributed by atoms with Gasteiger partial charge in [-0.05, 0) is 24.3 Å². The lowest BCUT2D eigenvalue weighted by Crippen LogP contribution is -2.04. The van der Waals surface area contributed by atoms with E-state index in [9.17, 15) is 8.78 Å². The number of nitrogens with zero attached hydrogens (tertiary/aromatic N) is 7. The number of benzene rings is 2. The predicted molar refractivity (Wildman–Crippen MR) is 111 cm³/mol. The molecule has 0 aliphatic heterocycles. The first-order valence-corrected chi connectivity index (χ1v) is 9.42. The number of hydrogen-bond acceptors (Lipinski definition) is 6. The van der Waals surface area contributed by atoms with E-state index < -0.39 is 11.6 Å². The molecule has 0 unspecified atom stereocenters. The molecule has 0 amide bonds. The van der Waals surface area contributed by atoms with Crippen molar-refractivity contribution in [3.8, 4) is 11.3 Å². The maximum atomic E-state index is 14.0. The molecule has 154 valence electrons. The first-order chi connectivity index (χ1) is 15.1. The lowest BCUT2D eigenvalue weighted by atomic mass is 10.1. The van der Waals surface area contributed by atoms with Gasteiger partial charge in [0.2, 0.25) is 5.95 Å². The topological polar surface area (TPSA) is 86.3 Å². The minimum atomic E-state index is -0.616. The Bertz CT molecular complexity index is 1390. The molecule has 5 aromatic rings. The van der Waals surface area contributed by atoms with E-state index in [1.807, 2.05) is 31.3 Å². The van der Waals surface area contributed by atoms with Gasteiger partial charge in [-0.2, -0.15) is 5.10 Å². The minimum Gasteiger partial charge on any atom is -0.309 e. The van der Waals surface area contributed by atoms with Gasteiger partial charge in [-0.1, -0.05) is 17.3 Å². The Hall–Kier alpha value is -4.21. The van der Waals surface area contributed by atoms with Crippen LogP contribution < -0.4 is 5.32 Å². The third kappa shape index (κ3) is 3.70. The zero-order chi connectivity index (χ0) is 21.4. The second kappa shape index (κ2) is 7.56. The van der Waals surface area contributed by atoms with E-state index in [2.05, 4.69) is 30.7 Å². The Morgan fingerprint density at radius 1 is 1.00 bits per heavy atom. The number of aromatic nitrogens is 7. The summed E-state index contributed by atoms with van der Waals surface area (Å²) >= 11 is 0. The van der Waals surface area contributed by atoms with Crippen molar-refractivity contribution in [2.75, 3.05) is 5.32 Å². The zero-order valence-corrected chi connectivity index (χ0v) is 16.4. The van der Waals surface area contributed by atoms with Gasteiger partial charge in [-0.3, -0.25) is 4.68 Å². The number of nitrogens with one attached hydrogen (secondary N) is 1. The Kier molecular flexibility index (Phi) is 4.58. The average Bonchev–Trinajstić information content (AvgIpc) is 3.36. The van der Waals surface area contributed by atoms with Gasteiger partial charge < -0.3 is 5.32 Å². The molecule has 3 heterocycles.